The van der Waals surface area contributed by atoms with Crippen molar-refractivity contribution < 1.29 is 19.0 Å². The van der Waals surface area contributed by atoms with Crippen molar-refractivity contribution in [1.82, 2.24) is 9.88 Å². The normalized spacial score (nSPS) is 25.0. The minimum Gasteiger partial charge on any atom is -0.496 e. The van der Waals surface area contributed by atoms with E-state index in [4.69, 9.17) is 18.9 Å². The molecule has 146 valence electrons. The number of methoxy groups -OCH3 is 2. The lowest BCUT2D eigenvalue weighted by atomic mass is 9.99. The summed E-state index contributed by atoms with van der Waals surface area (Å²) in [6, 6.07) is 4.76. The molecule has 1 N–H and O–H groups in total. The highest BCUT2D eigenvalue weighted by Gasteiger charge is 2.40. The Hall–Kier alpha value is -2.05. The molecule has 0 aliphatic carbocycles. The van der Waals surface area contributed by atoms with E-state index in [-0.39, 0.29) is 6.10 Å². The highest BCUT2D eigenvalue weighted by atomic mass is 16.5. The summed E-state index contributed by atoms with van der Waals surface area (Å²) in [6.07, 6.45) is 3.91. The quantitative estimate of drug-likeness (QED) is 0.867. The number of oxazole rings is 1. The molecular formula is C21H28N2O4. The molecule has 6 nitrogen and oxygen atoms in total. The number of aliphatic hydroxyl groups excluding tert-OH is 1. The molecule has 2 saturated heterocycles. The van der Waals surface area contributed by atoms with Gasteiger partial charge in [-0.05, 0) is 51.7 Å². The first-order chi connectivity index (χ1) is 13.0. The third-order valence-corrected chi connectivity index (χ3v) is 6.10. The minimum absolute atomic E-state index is 0.153. The molecule has 2 aromatic rings. The molecule has 0 amide bonds. The number of nitrogens with zero attached hydrogens (tertiary/aromatic N) is 2. The summed E-state index contributed by atoms with van der Waals surface area (Å²) in [4.78, 5) is 7.30. The second-order valence-corrected chi connectivity index (χ2v) is 7.68. The number of hydrogen-bond donors (Lipinski definition) is 1. The summed E-state index contributed by atoms with van der Waals surface area (Å²) in [5.41, 5.74) is 2.73. The van der Waals surface area contributed by atoms with Crippen molar-refractivity contribution in [2.45, 2.75) is 64.3 Å². The molecule has 4 rings (SSSR count). The standard InChI is InChI=1S/C21H28N2O4/c1-12-19(25-3)8-7-17(20(12)26-4)21-22-18(13(2)27-21)11-23-14-5-6-15(23)10-16(24)9-14/h7-8,14-16,24H,5-6,9-11H2,1-4H3/t14-,15+,16?. The summed E-state index contributed by atoms with van der Waals surface area (Å²) in [6.45, 7) is 4.71. The molecule has 2 aliphatic rings. The van der Waals surface area contributed by atoms with E-state index in [1.54, 1.807) is 14.2 Å². The van der Waals surface area contributed by atoms with Gasteiger partial charge >= 0.3 is 0 Å². The average Bonchev–Trinajstić information content (AvgIpc) is 3.12. The highest BCUT2D eigenvalue weighted by Crippen LogP contribution is 2.40. The lowest BCUT2D eigenvalue weighted by Crippen LogP contribution is -2.44. The maximum atomic E-state index is 10.0. The van der Waals surface area contributed by atoms with Gasteiger partial charge in [0.15, 0.2) is 0 Å². The van der Waals surface area contributed by atoms with Gasteiger partial charge in [-0.2, -0.15) is 0 Å². The average molecular weight is 372 g/mol. The highest BCUT2D eigenvalue weighted by molar-refractivity contribution is 5.68. The van der Waals surface area contributed by atoms with Gasteiger partial charge < -0.3 is 19.0 Å². The molecule has 27 heavy (non-hydrogen) atoms. The monoisotopic (exact) mass is 372 g/mol. The molecule has 0 spiro atoms. The van der Waals surface area contributed by atoms with Gasteiger partial charge in [-0.1, -0.05) is 0 Å². The number of rotatable bonds is 5. The van der Waals surface area contributed by atoms with Crippen LogP contribution in [0.3, 0.4) is 0 Å². The van der Waals surface area contributed by atoms with Gasteiger partial charge in [0.1, 0.15) is 17.3 Å². The van der Waals surface area contributed by atoms with Crippen LogP contribution in [0.15, 0.2) is 16.5 Å². The molecule has 1 aromatic carbocycles. The zero-order valence-electron chi connectivity index (χ0n) is 16.5. The van der Waals surface area contributed by atoms with Crippen molar-refractivity contribution in [1.29, 1.82) is 0 Å². The Kier molecular flexibility index (Phi) is 4.86. The van der Waals surface area contributed by atoms with Crippen molar-refractivity contribution in [3.63, 3.8) is 0 Å². The van der Waals surface area contributed by atoms with Gasteiger partial charge in [-0.15, -0.1) is 0 Å². The molecule has 3 atom stereocenters. The van der Waals surface area contributed by atoms with Crippen LogP contribution >= 0.6 is 0 Å². The Bertz CT molecular complexity index is 818. The van der Waals surface area contributed by atoms with E-state index >= 15 is 0 Å². The number of hydrogen-bond acceptors (Lipinski definition) is 6. The van der Waals surface area contributed by atoms with Crippen LogP contribution < -0.4 is 9.47 Å². The fourth-order valence-electron chi connectivity index (χ4n) is 4.69. The smallest absolute Gasteiger partial charge is 0.230 e. The van der Waals surface area contributed by atoms with Crippen LogP contribution in [-0.4, -0.2) is 47.4 Å². The molecule has 0 radical (unpaired) electrons. The number of aromatic nitrogens is 1. The lowest BCUT2D eigenvalue weighted by molar-refractivity contribution is 0.0302. The second kappa shape index (κ2) is 7.17. The van der Waals surface area contributed by atoms with E-state index in [9.17, 15) is 5.11 Å². The Morgan fingerprint density at radius 1 is 1.15 bits per heavy atom. The SMILES string of the molecule is COc1ccc(-c2nc(CN3[C@@H]4CC[C@H]3CC(O)C4)c(C)o2)c(OC)c1C. The van der Waals surface area contributed by atoms with Crippen molar-refractivity contribution in [3.8, 4) is 23.0 Å². The zero-order valence-corrected chi connectivity index (χ0v) is 16.5. The maximum absolute atomic E-state index is 10.0. The molecule has 6 heteroatoms. The predicted octanol–water partition coefficient (Wildman–Crippen LogP) is 3.46. The van der Waals surface area contributed by atoms with Crippen LogP contribution in [0.25, 0.3) is 11.5 Å². The molecule has 0 saturated carbocycles. The summed E-state index contributed by atoms with van der Waals surface area (Å²) in [7, 11) is 3.30. The number of ether oxygens (including phenoxy) is 2. The largest absolute Gasteiger partial charge is 0.496 e. The number of aryl methyl sites for hydroxylation is 1. The van der Waals surface area contributed by atoms with E-state index in [2.05, 4.69) is 4.90 Å². The van der Waals surface area contributed by atoms with E-state index in [0.29, 0.717) is 18.0 Å². The van der Waals surface area contributed by atoms with E-state index in [1.807, 2.05) is 26.0 Å². The molecule has 2 bridgehead atoms. The van der Waals surface area contributed by atoms with Gasteiger partial charge in [0.25, 0.3) is 0 Å². The fourth-order valence-corrected chi connectivity index (χ4v) is 4.69. The molecule has 2 aliphatic heterocycles. The van der Waals surface area contributed by atoms with Gasteiger partial charge in [-0.3, -0.25) is 4.90 Å². The Labute approximate surface area is 160 Å². The fraction of sp³-hybridized carbons (Fsp3) is 0.571. The van der Waals surface area contributed by atoms with Crippen molar-refractivity contribution in [3.05, 3.63) is 29.2 Å². The van der Waals surface area contributed by atoms with E-state index in [1.165, 1.54) is 0 Å². The van der Waals surface area contributed by atoms with E-state index in [0.717, 1.165) is 66.3 Å². The first-order valence-electron chi connectivity index (χ1n) is 9.63. The summed E-state index contributed by atoms with van der Waals surface area (Å²) >= 11 is 0. The van der Waals surface area contributed by atoms with Crippen LogP contribution in [0.5, 0.6) is 11.5 Å². The van der Waals surface area contributed by atoms with Gasteiger partial charge in [0.2, 0.25) is 5.89 Å². The molecule has 2 fully saturated rings. The minimum atomic E-state index is -0.153. The van der Waals surface area contributed by atoms with Gasteiger partial charge in [0, 0.05) is 24.2 Å². The molecular weight excluding hydrogens is 344 g/mol. The van der Waals surface area contributed by atoms with Crippen LogP contribution in [0.1, 0.15) is 42.7 Å². The van der Waals surface area contributed by atoms with Gasteiger partial charge in [-0.25, -0.2) is 4.98 Å². The van der Waals surface area contributed by atoms with Crippen LogP contribution in [0, 0.1) is 13.8 Å². The number of benzene rings is 1. The molecule has 3 heterocycles. The van der Waals surface area contributed by atoms with Crippen molar-refractivity contribution >= 4 is 0 Å². The molecule has 1 aromatic heterocycles. The Morgan fingerprint density at radius 2 is 1.85 bits per heavy atom. The molecule has 1 unspecified atom stereocenters. The number of aliphatic hydroxyl groups is 1. The maximum Gasteiger partial charge on any atom is 0.230 e. The van der Waals surface area contributed by atoms with Crippen LogP contribution in [0.4, 0.5) is 0 Å². The third kappa shape index (κ3) is 3.21. The van der Waals surface area contributed by atoms with Crippen molar-refractivity contribution in [2.24, 2.45) is 0 Å². The Morgan fingerprint density at radius 3 is 2.48 bits per heavy atom. The third-order valence-electron chi connectivity index (χ3n) is 6.10. The number of piperidine rings is 1. The van der Waals surface area contributed by atoms with Crippen LogP contribution in [0.2, 0.25) is 0 Å². The van der Waals surface area contributed by atoms with Crippen LogP contribution in [-0.2, 0) is 6.54 Å². The first kappa shape index (κ1) is 18.3. The predicted molar refractivity (Wildman–Crippen MR) is 102 cm³/mol. The summed E-state index contributed by atoms with van der Waals surface area (Å²) in [5, 5.41) is 10.0. The topological polar surface area (TPSA) is 68.0 Å². The Balaban J connectivity index is 1.62. The zero-order chi connectivity index (χ0) is 19.1. The second-order valence-electron chi connectivity index (χ2n) is 7.68. The first-order valence-corrected chi connectivity index (χ1v) is 9.63. The van der Waals surface area contributed by atoms with E-state index < -0.39 is 0 Å². The van der Waals surface area contributed by atoms with Gasteiger partial charge in [0.05, 0.1) is 31.6 Å². The number of fused-ring (bicyclic) bond motifs is 2. The summed E-state index contributed by atoms with van der Waals surface area (Å²) < 4.78 is 17.0. The van der Waals surface area contributed by atoms with Crippen molar-refractivity contribution in [2.75, 3.05) is 14.2 Å². The lowest BCUT2D eigenvalue weighted by Gasteiger charge is -2.36. The summed E-state index contributed by atoms with van der Waals surface area (Å²) in [5.74, 6) is 2.92.